The second-order valence-corrected chi connectivity index (χ2v) is 11.7. The number of nitrogens with zero attached hydrogens (tertiary/aromatic N) is 3. The standard InChI is InChI=1S/C26H27FN6O4S2/c1-37-24-22(32-39(35,36)20-7-5-19(27)6-8-20)14-18(16-29-24)17-4-9-21-23(15-17)38-26(30-21)31-25(34)28-10-13-33-11-2-3-12-33/h4-9,14-16,32H,2-3,10-13H2,1H3,(H2,28,30,31,34). The molecule has 0 radical (unpaired) electrons. The van der Waals surface area contributed by atoms with Crippen LogP contribution in [-0.4, -0.2) is 62.6 Å². The van der Waals surface area contributed by atoms with Crippen LogP contribution in [0.3, 0.4) is 0 Å². The van der Waals surface area contributed by atoms with Crippen molar-refractivity contribution < 1.29 is 22.3 Å². The van der Waals surface area contributed by atoms with E-state index in [0.29, 0.717) is 17.2 Å². The van der Waals surface area contributed by atoms with Crippen molar-refractivity contribution in [2.45, 2.75) is 17.7 Å². The molecular weight excluding hydrogens is 543 g/mol. The first-order chi connectivity index (χ1) is 18.8. The Hall–Kier alpha value is -3.81. The third-order valence-electron chi connectivity index (χ3n) is 6.27. The molecule has 3 heterocycles. The van der Waals surface area contributed by atoms with E-state index >= 15 is 0 Å². The Morgan fingerprint density at radius 1 is 1.10 bits per heavy atom. The number of ether oxygens (including phenoxy) is 1. The Balaban J connectivity index is 1.31. The number of aromatic nitrogens is 2. The lowest BCUT2D eigenvalue weighted by molar-refractivity contribution is 0.249. The Morgan fingerprint density at radius 2 is 1.87 bits per heavy atom. The Bertz CT molecular complexity index is 1590. The summed E-state index contributed by atoms with van der Waals surface area (Å²) in [7, 11) is -2.62. The number of sulfonamides is 1. The molecule has 0 bridgehead atoms. The van der Waals surface area contributed by atoms with Gasteiger partial charge in [0.15, 0.2) is 5.13 Å². The summed E-state index contributed by atoms with van der Waals surface area (Å²) in [6, 6.07) is 11.4. The van der Waals surface area contributed by atoms with Gasteiger partial charge in [0.2, 0.25) is 5.88 Å². The summed E-state index contributed by atoms with van der Waals surface area (Å²) in [5.41, 5.74) is 2.26. The van der Waals surface area contributed by atoms with E-state index in [1.807, 2.05) is 18.2 Å². The normalized spacial score (nSPS) is 13.9. The second kappa shape index (κ2) is 11.5. The highest BCUT2D eigenvalue weighted by atomic mass is 32.2. The molecule has 13 heteroatoms. The molecule has 0 saturated carbocycles. The first-order valence-corrected chi connectivity index (χ1v) is 14.6. The number of carbonyl (C=O) groups excluding carboxylic acids is 1. The lowest BCUT2D eigenvalue weighted by Gasteiger charge is -2.14. The van der Waals surface area contributed by atoms with Crippen LogP contribution in [0.15, 0.2) is 59.6 Å². The van der Waals surface area contributed by atoms with Gasteiger partial charge in [-0.15, -0.1) is 0 Å². The monoisotopic (exact) mass is 570 g/mol. The zero-order valence-electron chi connectivity index (χ0n) is 21.1. The van der Waals surface area contributed by atoms with Crippen LogP contribution in [0.4, 0.5) is 20.0 Å². The highest BCUT2D eigenvalue weighted by Crippen LogP contribution is 2.34. The zero-order valence-corrected chi connectivity index (χ0v) is 22.7. The van der Waals surface area contributed by atoms with Crippen molar-refractivity contribution in [1.29, 1.82) is 0 Å². The Kier molecular flexibility index (Phi) is 7.91. The fourth-order valence-corrected chi connectivity index (χ4v) is 6.24. The minimum Gasteiger partial charge on any atom is -0.480 e. The SMILES string of the molecule is COc1ncc(-c2ccc3nc(NC(=O)NCCN4CCCC4)sc3c2)cc1NS(=O)(=O)c1ccc(F)cc1. The number of amides is 2. The highest BCUT2D eigenvalue weighted by Gasteiger charge is 2.19. The number of nitrogens with one attached hydrogen (secondary N) is 3. The van der Waals surface area contributed by atoms with Crippen LogP contribution in [0.5, 0.6) is 5.88 Å². The summed E-state index contributed by atoms with van der Waals surface area (Å²) in [5.74, 6) is -0.448. The third kappa shape index (κ3) is 6.44. The summed E-state index contributed by atoms with van der Waals surface area (Å²) in [6.45, 7) is 3.55. The number of likely N-dealkylation sites (tertiary alicyclic amines) is 1. The molecule has 0 atom stereocenters. The molecule has 0 aliphatic carbocycles. The minimum absolute atomic E-state index is 0.0885. The van der Waals surface area contributed by atoms with E-state index < -0.39 is 15.8 Å². The lowest BCUT2D eigenvalue weighted by atomic mass is 10.1. The van der Waals surface area contributed by atoms with Gasteiger partial charge in [0.05, 0.1) is 22.2 Å². The molecular formula is C26H27FN6O4S2. The third-order valence-corrected chi connectivity index (χ3v) is 8.58. The molecule has 1 aliphatic heterocycles. The van der Waals surface area contributed by atoms with Crippen molar-refractivity contribution in [3.63, 3.8) is 0 Å². The van der Waals surface area contributed by atoms with Crippen molar-refractivity contribution in [1.82, 2.24) is 20.2 Å². The Labute approximate surface area is 229 Å². The van der Waals surface area contributed by atoms with Crippen LogP contribution in [0.25, 0.3) is 21.3 Å². The lowest BCUT2D eigenvalue weighted by Crippen LogP contribution is -2.35. The summed E-state index contributed by atoms with van der Waals surface area (Å²) >= 11 is 1.33. The first kappa shape index (κ1) is 26.8. The number of fused-ring (bicyclic) bond motifs is 1. The molecule has 39 heavy (non-hydrogen) atoms. The molecule has 0 spiro atoms. The zero-order chi connectivity index (χ0) is 27.4. The molecule has 0 unspecified atom stereocenters. The average molecular weight is 571 g/mol. The molecule has 10 nitrogen and oxygen atoms in total. The van der Waals surface area contributed by atoms with E-state index in [4.69, 9.17) is 4.74 Å². The number of thiazole rings is 1. The summed E-state index contributed by atoms with van der Waals surface area (Å²) in [5, 5.41) is 6.14. The topological polar surface area (TPSA) is 126 Å². The van der Waals surface area contributed by atoms with Crippen molar-refractivity contribution in [2.24, 2.45) is 0 Å². The fraction of sp³-hybridized carbons (Fsp3) is 0.269. The van der Waals surface area contributed by atoms with E-state index in [1.54, 1.807) is 12.3 Å². The van der Waals surface area contributed by atoms with E-state index in [0.717, 1.165) is 47.5 Å². The Morgan fingerprint density at radius 3 is 2.62 bits per heavy atom. The summed E-state index contributed by atoms with van der Waals surface area (Å²) in [4.78, 5) is 23.3. The van der Waals surface area contributed by atoms with Crippen molar-refractivity contribution in [3.05, 3.63) is 60.5 Å². The van der Waals surface area contributed by atoms with Gasteiger partial charge in [-0.05, 0) is 74.0 Å². The van der Waals surface area contributed by atoms with Gasteiger partial charge >= 0.3 is 6.03 Å². The van der Waals surface area contributed by atoms with E-state index in [2.05, 4.69) is 30.2 Å². The van der Waals surface area contributed by atoms with Gasteiger partial charge in [0.25, 0.3) is 10.0 Å². The highest BCUT2D eigenvalue weighted by molar-refractivity contribution is 7.92. The molecule has 1 aliphatic rings. The molecule has 3 N–H and O–H groups in total. The quantitative estimate of drug-likeness (QED) is 0.270. The van der Waals surface area contributed by atoms with Crippen LogP contribution >= 0.6 is 11.3 Å². The van der Waals surface area contributed by atoms with E-state index in [9.17, 15) is 17.6 Å². The number of hydrogen-bond acceptors (Lipinski definition) is 8. The molecule has 1 fully saturated rings. The molecule has 4 aromatic rings. The number of halogens is 1. The molecule has 2 aromatic carbocycles. The van der Waals surface area contributed by atoms with Crippen LogP contribution in [0, 0.1) is 5.82 Å². The maximum Gasteiger partial charge on any atom is 0.321 e. The maximum absolute atomic E-state index is 13.3. The van der Waals surface area contributed by atoms with Gasteiger partial charge < -0.3 is 15.0 Å². The largest absolute Gasteiger partial charge is 0.480 e. The molecule has 1 saturated heterocycles. The van der Waals surface area contributed by atoms with Gasteiger partial charge in [-0.25, -0.2) is 27.6 Å². The number of methoxy groups -OCH3 is 1. The first-order valence-electron chi connectivity index (χ1n) is 12.3. The smallest absolute Gasteiger partial charge is 0.321 e. The minimum atomic E-state index is -4.01. The van der Waals surface area contributed by atoms with Crippen LogP contribution < -0.4 is 20.1 Å². The second-order valence-electron chi connectivity index (χ2n) is 8.97. The van der Waals surface area contributed by atoms with Crippen molar-refractivity contribution in [3.8, 4) is 17.0 Å². The number of pyridine rings is 1. The van der Waals surface area contributed by atoms with Crippen molar-refractivity contribution in [2.75, 3.05) is 43.3 Å². The molecule has 5 rings (SSSR count). The van der Waals surface area contributed by atoms with E-state index in [-0.39, 0.29) is 22.5 Å². The van der Waals surface area contributed by atoms with Gasteiger partial charge in [-0.1, -0.05) is 17.4 Å². The number of rotatable bonds is 9. The van der Waals surface area contributed by atoms with Crippen LogP contribution in [-0.2, 0) is 10.0 Å². The number of anilines is 2. The number of urea groups is 1. The molecule has 204 valence electrons. The average Bonchev–Trinajstić information content (AvgIpc) is 3.57. The molecule has 2 amide bonds. The van der Waals surface area contributed by atoms with Gasteiger partial charge in [0, 0.05) is 24.8 Å². The number of carbonyl (C=O) groups is 1. The van der Waals surface area contributed by atoms with E-state index in [1.165, 1.54) is 43.4 Å². The predicted octanol–water partition coefficient (Wildman–Crippen LogP) is 4.52. The van der Waals surface area contributed by atoms with Crippen LogP contribution in [0.1, 0.15) is 12.8 Å². The number of benzene rings is 2. The van der Waals surface area contributed by atoms with Gasteiger partial charge in [-0.2, -0.15) is 0 Å². The summed E-state index contributed by atoms with van der Waals surface area (Å²) < 4.78 is 47.6. The molecule has 2 aromatic heterocycles. The van der Waals surface area contributed by atoms with Crippen molar-refractivity contribution >= 4 is 48.4 Å². The van der Waals surface area contributed by atoms with Gasteiger partial charge in [0.1, 0.15) is 11.5 Å². The summed E-state index contributed by atoms with van der Waals surface area (Å²) in [6.07, 6.45) is 3.99. The van der Waals surface area contributed by atoms with Gasteiger partial charge in [-0.3, -0.25) is 10.0 Å². The fourth-order valence-electron chi connectivity index (χ4n) is 4.30. The number of hydrogen-bond donors (Lipinski definition) is 3. The predicted molar refractivity (Wildman–Crippen MR) is 149 cm³/mol. The maximum atomic E-state index is 13.3. The van der Waals surface area contributed by atoms with Crippen LogP contribution in [0.2, 0.25) is 0 Å².